The summed E-state index contributed by atoms with van der Waals surface area (Å²) >= 11 is 0. The molecule has 0 aromatic rings. The summed E-state index contributed by atoms with van der Waals surface area (Å²) in [6.07, 6.45) is -2.33. The van der Waals surface area contributed by atoms with Crippen LogP contribution in [0.15, 0.2) is 0 Å². The Bertz CT molecular complexity index is 42.5. The maximum Gasteiger partial charge on any atom is 2.00 e. The second-order valence-corrected chi connectivity index (χ2v) is 0.474. The Morgan fingerprint density at radius 3 is 1.62 bits per heavy atom. The molecule has 1 N–H and O–H groups in total. The Hall–Kier alpha value is 0.490. The Morgan fingerprint density at radius 2 is 1.62 bits per heavy atom. The topological polar surface area (TPSA) is 83.4 Å². The second-order valence-electron chi connectivity index (χ2n) is 0.474. The van der Waals surface area contributed by atoms with Crippen LogP contribution in [0.5, 0.6) is 0 Å². The van der Waals surface area contributed by atoms with Crippen LogP contribution in [-0.2, 0) is 0 Å². The Labute approximate surface area is 77.1 Å². The van der Waals surface area contributed by atoms with Crippen LogP contribution >= 0.6 is 0 Å². The molecule has 0 amide bonds. The molecule has 0 unspecified atom stereocenters. The zero-order valence-electron chi connectivity index (χ0n) is 4.29. The molecule has 0 aliphatic heterocycles. The average Bonchev–Trinajstić information content (AvgIpc) is 1.33. The normalized spacial score (nSPS) is 5.25. The summed E-state index contributed by atoms with van der Waals surface area (Å²) in [5.74, 6) is 0. The van der Waals surface area contributed by atoms with Gasteiger partial charge in [-0.25, -0.2) is 0 Å². The van der Waals surface area contributed by atoms with E-state index >= 15 is 0 Å². The number of hydrogen-bond acceptors (Lipinski definition) is 4. The molecule has 0 aromatic carbocycles. The molecule has 8 heavy (non-hydrogen) atoms. The number of carbonyl (C=O) groups excluding carboxylic acids is 1. The van der Waals surface area contributed by atoms with Gasteiger partial charge >= 0.3 is 37.7 Å². The van der Waals surface area contributed by atoms with Gasteiger partial charge in [0.2, 0.25) is 0 Å². The number of rotatable bonds is 0. The fourth-order valence-electron chi connectivity index (χ4n) is 0. The predicted octanol–water partition coefficient (Wildman–Crippen LogP) is -3.02. The molecule has 0 bridgehead atoms. The molecule has 0 fully saturated rings. The summed E-state index contributed by atoms with van der Waals surface area (Å²) < 4.78 is 0. The van der Waals surface area contributed by atoms with E-state index in [1.54, 1.807) is 0 Å². The summed E-state index contributed by atoms with van der Waals surface area (Å²) in [6.45, 7) is 3.04. The molecule has 1 radical (unpaired) electrons. The number of carbonyl (C=O) groups is 1. The van der Waals surface area contributed by atoms with E-state index in [1.165, 1.54) is 0 Å². The van der Waals surface area contributed by atoms with Gasteiger partial charge in [-0.3, -0.25) is 0 Å². The van der Waals surface area contributed by atoms with E-state index in [1.807, 2.05) is 0 Å². The number of hydrogen-bond donors (Lipinski definition) is 1. The minimum atomic E-state index is -2.33. The minimum Gasteiger partial charge on any atom is -0.652 e. The van der Waals surface area contributed by atoms with Gasteiger partial charge in [-0.15, -0.1) is 0 Å². The molecule has 4 nitrogen and oxygen atoms in total. The predicted molar refractivity (Wildman–Crippen MR) is 23.6 cm³/mol. The minimum absolute atomic E-state index is 0. The molecular formula is C3H5CaO4. The SMILES string of the molecule is O=C([O-])[O-].[CH2]CO.[Ca+2]. The third-order valence-electron chi connectivity index (χ3n) is 0. The zero-order valence-corrected chi connectivity index (χ0v) is 6.50. The van der Waals surface area contributed by atoms with Gasteiger partial charge in [-0.2, -0.15) is 0 Å². The van der Waals surface area contributed by atoms with Crippen molar-refractivity contribution in [1.82, 2.24) is 0 Å². The van der Waals surface area contributed by atoms with Crippen molar-refractivity contribution in [2.45, 2.75) is 0 Å². The summed E-state index contributed by atoms with van der Waals surface area (Å²) in [6, 6.07) is 0. The molecule has 0 spiro atoms. The van der Waals surface area contributed by atoms with Crippen LogP contribution < -0.4 is 10.2 Å². The van der Waals surface area contributed by atoms with Gasteiger partial charge in [0.1, 0.15) is 0 Å². The Balaban J connectivity index is -0.0000000575. The van der Waals surface area contributed by atoms with Crippen molar-refractivity contribution in [3.8, 4) is 0 Å². The Kier molecular flexibility index (Phi) is 30.9. The van der Waals surface area contributed by atoms with Crippen molar-refractivity contribution in [3.05, 3.63) is 6.92 Å². The van der Waals surface area contributed by atoms with Gasteiger partial charge in [-0.05, 0) is 13.1 Å². The number of carboxylic acid groups (broad SMARTS) is 2. The first-order valence-corrected chi connectivity index (χ1v) is 1.43. The third-order valence-corrected chi connectivity index (χ3v) is 0. The standard InChI is InChI=1S/C2H5O.CH2O3.Ca/c1-2-3;2-1(3)4;/h3H,1-2H2;(H2,2,3,4);/q;;+2/p-2. The fourth-order valence-corrected chi connectivity index (χ4v) is 0. The van der Waals surface area contributed by atoms with Crippen molar-refractivity contribution >= 4 is 43.9 Å². The maximum absolute atomic E-state index is 8.33. The largest absolute Gasteiger partial charge is 2.00 e. The van der Waals surface area contributed by atoms with Crippen molar-refractivity contribution in [2.75, 3.05) is 6.61 Å². The van der Waals surface area contributed by atoms with Crippen LogP contribution in [0, 0.1) is 6.92 Å². The second kappa shape index (κ2) is 15.6. The van der Waals surface area contributed by atoms with Crippen LogP contribution in [0.3, 0.4) is 0 Å². The van der Waals surface area contributed by atoms with Crippen molar-refractivity contribution in [1.29, 1.82) is 0 Å². The molecule has 5 heteroatoms. The quantitative estimate of drug-likeness (QED) is 0.368. The van der Waals surface area contributed by atoms with Gasteiger partial charge in [0.05, 0.1) is 0 Å². The summed E-state index contributed by atoms with van der Waals surface area (Å²) in [5.41, 5.74) is 0. The average molecular weight is 145 g/mol. The smallest absolute Gasteiger partial charge is 0.652 e. The fraction of sp³-hybridized carbons (Fsp3) is 0.333. The molecular weight excluding hydrogens is 140 g/mol. The first kappa shape index (κ1) is 15.8. The van der Waals surface area contributed by atoms with Gasteiger partial charge < -0.3 is 20.1 Å². The number of aliphatic hydroxyl groups is 1. The summed E-state index contributed by atoms with van der Waals surface area (Å²) in [7, 11) is 0. The van der Waals surface area contributed by atoms with Crippen molar-refractivity contribution < 1.29 is 20.1 Å². The molecule has 0 saturated carbocycles. The molecule has 0 aliphatic carbocycles. The number of aliphatic hydroxyl groups excluding tert-OH is 1. The first-order valence-electron chi connectivity index (χ1n) is 1.43. The van der Waals surface area contributed by atoms with Crippen molar-refractivity contribution in [2.24, 2.45) is 0 Å². The molecule has 0 aromatic heterocycles. The van der Waals surface area contributed by atoms with Crippen LogP contribution in [-0.4, -0.2) is 55.6 Å². The summed E-state index contributed by atoms with van der Waals surface area (Å²) in [4.78, 5) is 8.33. The van der Waals surface area contributed by atoms with Crippen LogP contribution in [0.4, 0.5) is 4.79 Å². The zero-order chi connectivity index (χ0) is 6.28. The summed E-state index contributed by atoms with van der Waals surface area (Å²) in [5, 5.41) is 24.1. The van der Waals surface area contributed by atoms with Gasteiger partial charge in [0, 0.05) is 6.61 Å². The first-order chi connectivity index (χ1) is 3.15. The van der Waals surface area contributed by atoms with E-state index in [0.717, 1.165) is 0 Å². The van der Waals surface area contributed by atoms with E-state index in [-0.39, 0.29) is 44.3 Å². The van der Waals surface area contributed by atoms with Crippen LogP contribution in [0.1, 0.15) is 0 Å². The van der Waals surface area contributed by atoms with Crippen LogP contribution in [0.2, 0.25) is 0 Å². The van der Waals surface area contributed by atoms with Gasteiger partial charge in [0.15, 0.2) is 0 Å². The molecule has 0 atom stereocenters. The molecule has 0 heterocycles. The third kappa shape index (κ3) is 815. The Morgan fingerprint density at radius 1 is 1.62 bits per heavy atom. The molecule has 0 aliphatic rings. The van der Waals surface area contributed by atoms with E-state index in [9.17, 15) is 0 Å². The van der Waals surface area contributed by atoms with E-state index in [0.29, 0.717) is 0 Å². The van der Waals surface area contributed by atoms with Gasteiger partial charge in [-0.1, -0.05) is 0 Å². The van der Waals surface area contributed by atoms with E-state index in [4.69, 9.17) is 20.1 Å². The monoisotopic (exact) mass is 145 g/mol. The van der Waals surface area contributed by atoms with E-state index in [2.05, 4.69) is 6.92 Å². The van der Waals surface area contributed by atoms with Crippen molar-refractivity contribution in [3.63, 3.8) is 0 Å². The van der Waals surface area contributed by atoms with Crippen LogP contribution in [0.25, 0.3) is 0 Å². The maximum atomic E-state index is 8.33. The molecule has 0 rings (SSSR count). The van der Waals surface area contributed by atoms with E-state index < -0.39 is 6.16 Å². The van der Waals surface area contributed by atoms with Gasteiger partial charge in [0.25, 0.3) is 0 Å². The molecule has 43 valence electrons. The molecule has 0 saturated heterocycles.